The standard InChI is InChI=1S/C9H7NO2S/c1-2-5-13-7-3-4-10-8(6-7)9(11)12/h1,3-4,6H,5H2,(H,11,12). The number of thioether (sulfide) groups is 1. The molecule has 0 bridgehead atoms. The van der Waals surface area contributed by atoms with E-state index < -0.39 is 5.97 Å². The van der Waals surface area contributed by atoms with Crippen LogP contribution in [0.15, 0.2) is 23.2 Å². The van der Waals surface area contributed by atoms with Crippen molar-refractivity contribution in [3.63, 3.8) is 0 Å². The maximum Gasteiger partial charge on any atom is 0.354 e. The van der Waals surface area contributed by atoms with Gasteiger partial charge in [0, 0.05) is 11.1 Å². The van der Waals surface area contributed by atoms with Crippen LogP contribution in [0, 0.1) is 12.3 Å². The Morgan fingerprint density at radius 2 is 2.54 bits per heavy atom. The van der Waals surface area contributed by atoms with Gasteiger partial charge in [0.1, 0.15) is 5.69 Å². The minimum absolute atomic E-state index is 0.0435. The third-order valence-electron chi connectivity index (χ3n) is 1.27. The number of hydrogen-bond donors (Lipinski definition) is 1. The lowest BCUT2D eigenvalue weighted by Gasteiger charge is -1.97. The van der Waals surface area contributed by atoms with Crippen molar-refractivity contribution < 1.29 is 9.90 Å². The largest absolute Gasteiger partial charge is 0.477 e. The molecule has 66 valence electrons. The second-order valence-electron chi connectivity index (χ2n) is 2.17. The van der Waals surface area contributed by atoms with E-state index in [0.717, 1.165) is 4.90 Å². The van der Waals surface area contributed by atoms with Crippen LogP contribution in [0.4, 0.5) is 0 Å². The van der Waals surface area contributed by atoms with E-state index in [1.807, 2.05) is 0 Å². The zero-order chi connectivity index (χ0) is 9.68. The summed E-state index contributed by atoms with van der Waals surface area (Å²) in [4.78, 5) is 15.0. The number of aromatic carboxylic acids is 1. The summed E-state index contributed by atoms with van der Waals surface area (Å²) in [6.07, 6.45) is 6.53. The van der Waals surface area contributed by atoms with E-state index >= 15 is 0 Å². The van der Waals surface area contributed by atoms with Gasteiger partial charge in [-0.2, -0.15) is 0 Å². The Kier molecular flexibility index (Phi) is 3.35. The lowest BCUT2D eigenvalue weighted by Crippen LogP contribution is -1.99. The van der Waals surface area contributed by atoms with Crippen LogP contribution in [0.1, 0.15) is 10.5 Å². The molecule has 4 heteroatoms. The highest BCUT2D eigenvalue weighted by Crippen LogP contribution is 2.16. The maximum absolute atomic E-state index is 10.5. The Hall–Kier alpha value is -1.47. The first-order valence-electron chi connectivity index (χ1n) is 3.49. The van der Waals surface area contributed by atoms with Crippen LogP contribution in [0.25, 0.3) is 0 Å². The number of hydrogen-bond acceptors (Lipinski definition) is 3. The van der Waals surface area contributed by atoms with Gasteiger partial charge in [0.15, 0.2) is 0 Å². The SMILES string of the molecule is C#CCSc1ccnc(C(=O)O)c1. The molecular formula is C9H7NO2S. The molecule has 1 aromatic heterocycles. The third-order valence-corrected chi connectivity index (χ3v) is 2.17. The Morgan fingerprint density at radius 3 is 3.15 bits per heavy atom. The summed E-state index contributed by atoms with van der Waals surface area (Å²) in [7, 11) is 0. The lowest BCUT2D eigenvalue weighted by atomic mass is 10.3. The van der Waals surface area contributed by atoms with Crippen LogP contribution in [-0.4, -0.2) is 21.8 Å². The zero-order valence-corrected chi connectivity index (χ0v) is 7.54. The fourth-order valence-corrected chi connectivity index (χ4v) is 1.34. The predicted octanol–water partition coefficient (Wildman–Crippen LogP) is 1.51. The van der Waals surface area contributed by atoms with Crippen molar-refractivity contribution >= 4 is 17.7 Å². The van der Waals surface area contributed by atoms with Crippen molar-refractivity contribution in [2.75, 3.05) is 5.75 Å². The summed E-state index contributed by atoms with van der Waals surface area (Å²) in [5.74, 6) is 1.97. The molecule has 3 nitrogen and oxygen atoms in total. The van der Waals surface area contributed by atoms with Crippen LogP contribution in [-0.2, 0) is 0 Å². The number of carboxylic acid groups (broad SMARTS) is 1. The van der Waals surface area contributed by atoms with Crippen molar-refractivity contribution in [3.8, 4) is 12.3 Å². The number of rotatable bonds is 3. The van der Waals surface area contributed by atoms with Gasteiger partial charge in [-0.15, -0.1) is 18.2 Å². The van der Waals surface area contributed by atoms with Gasteiger partial charge in [-0.05, 0) is 12.1 Å². The average molecular weight is 193 g/mol. The monoisotopic (exact) mass is 193 g/mol. The number of terminal acetylenes is 1. The first-order chi connectivity index (χ1) is 6.24. The molecule has 0 radical (unpaired) electrons. The maximum atomic E-state index is 10.5. The number of aromatic nitrogens is 1. The smallest absolute Gasteiger partial charge is 0.354 e. The topological polar surface area (TPSA) is 50.2 Å². The number of carboxylic acids is 1. The molecule has 0 aliphatic heterocycles. The van der Waals surface area contributed by atoms with Gasteiger partial charge in [0.25, 0.3) is 0 Å². The molecule has 1 heterocycles. The molecule has 1 N–H and O–H groups in total. The summed E-state index contributed by atoms with van der Waals surface area (Å²) in [5.41, 5.74) is 0.0435. The van der Waals surface area contributed by atoms with Gasteiger partial charge >= 0.3 is 5.97 Å². The molecule has 0 saturated carbocycles. The fourth-order valence-electron chi connectivity index (χ4n) is 0.743. The Morgan fingerprint density at radius 1 is 1.77 bits per heavy atom. The van der Waals surface area contributed by atoms with Crippen LogP contribution in [0.2, 0.25) is 0 Å². The number of pyridine rings is 1. The summed E-state index contributed by atoms with van der Waals surface area (Å²) in [5, 5.41) is 8.62. The van der Waals surface area contributed by atoms with Crippen molar-refractivity contribution in [2.24, 2.45) is 0 Å². The van der Waals surface area contributed by atoms with E-state index in [2.05, 4.69) is 10.9 Å². The molecule has 0 saturated heterocycles. The van der Waals surface area contributed by atoms with Crippen LogP contribution in [0.3, 0.4) is 0 Å². The van der Waals surface area contributed by atoms with E-state index in [0.29, 0.717) is 5.75 Å². The summed E-state index contributed by atoms with van der Waals surface area (Å²) in [6.45, 7) is 0. The molecule has 0 atom stereocenters. The molecule has 13 heavy (non-hydrogen) atoms. The minimum atomic E-state index is -1.02. The van der Waals surface area contributed by atoms with Crippen molar-refractivity contribution in [3.05, 3.63) is 24.0 Å². The highest BCUT2D eigenvalue weighted by atomic mass is 32.2. The van der Waals surface area contributed by atoms with Crippen LogP contribution in [0.5, 0.6) is 0 Å². The van der Waals surface area contributed by atoms with Gasteiger partial charge in [-0.3, -0.25) is 0 Å². The molecule has 0 unspecified atom stereocenters. The second kappa shape index (κ2) is 4.53. The van der Waals surface area contributed by atoms with E-state index in [1.54, 1.807) is 6.07 Å². The number of carbonyl (C=O) groups is 1. The first-order valence-corrected chi connectivity index (χ1v) is 4.48. The molecular weight excluding hydrogens is 186 g/mol. The van der Waals surface area contributed by atoms with Gasteiger partial charge in [0.05, 0.1) is 5.75 Å². The Balaban J connectivity index is 2.80. The van der Waals surface area contributed by atoms with E-state index in [9.17, 15) is 4.79 Å². The summed E-state index contributed by atoms with van der Waals surface area (Å²) in [6, 6.07) is 3.23. The van der Waals surface area contributed by atoms with Crippen LogP contribution >= 0.6 is 11.8 Å². The molecule has 0 aliphatic carbocycles. The predicted molar refractivity (Wildman–Crippen MR) is 50.8 cm³/mol. The Bertz CT molecular complexity index is 357. The molecule has 1 rings (SSSR count). The van der Waals surface area contributed by atoms with Gasteiger partial charge in [-0.25, -0.2) is 9.78 Å². The van der Waals surface area contributed by atoms with E-state index in [1.165, 1.54) is 24.0 Å². The van der Waals surface area contributed by atoms with Gasteiger partial charge < -0.3 is 5.11 Å². The molecule has 0 fully saturated rings. The summed E-state index contributed by atoms with van der Waals surface area (Å²) < 4.78 is 0. The van der Waals surface area contributed by atoms with E-state index in [4.69, 9.17) is 11.5 Å². The van der Waals surface area contributed by atoms with Crippen LogP contribution < -0.4 is 0 Å². The normalized spacial score (nSPS) is 9.15. The van der Waals surface area contributed by atoms with Crippen molar-refractivity contribution in [1.82, 2.24) is 4.98 Å². The molecule has 1 aromatic rings. The van der Waals surface area contributed by atoms with Gasteiger partial charge in [-0.1, -0.05) is 5.92 Å². The molecule has 0 aliphatic rings. The fraction of sp³-hybridized carbons (Fsp3) is 0.111. The summed E-state index contributed by atoms with van der Waals surface area (Å²) >= 11 is 1.41. The third kappa shape index (κ3) is 2.80. The highest BCUT2D eigenvalue weighted by molar-refractivity contribution is 7.99. The van der Waals surface area contributed by atoms with Crippen molar-refractivity contribution in [2.45, 2.75) is 4.90 Å². The Labute approximate surface area is 80.2 Å². The molecule has 0 spiro atoms. The van der Waals surface area contributed by atoms with Gasteiger partial charge in [0.2, 0.25) is 0 Å². The van der Waals surface area contributed by atoms with E-state index in [-0.39, 0.29) is 5.69 Å². The second-order valence-corrected chi connectivity index (χ2v) is 3.22. The molecule has 0 aromatic carbocycles. The van der Waals surface area contributed by atoms with Crippen molar-refractivity contribution in [1.29, 1.82) is 0 Å². The first kappa shape index (κ1) is 9.62. The zero-order valence-electron chi connectivity index (χ0n) is 6.73. The highest BCUT2D eigenvalue weighted by Gasteiger charge is 2.04. The number of nitrogens with zero attached hydrogens (tertiary/aromatic N) is 1. The lowest BCUT2D eigenvalue weighted by molar-refractivity contribution is 0.0690. The quantitative estimate of drug-likeness (QED) is 0.584. The molecule has 0 amide bonds. The average Bonchev–Trinajstić information content (AvgIpc) is 2.15. The minimum Gasteiger partial charge on any atom is -0.477 e.